The normalized spacial score (nSPS) is 12.5. The number of nitrogens with one attached hydrogen (secondary N) is 1. The number of hydrogen-bond acceptors (Lipinski definition) is 4. The molecular formula is C13H15F3N2O4. The molecule has 0 saturated heterocycles. The van der Waals surface area contributed by atoms with Crippen molar-refractivity contribution in [3.05, 3.63) is 23.9 Å². The molecule has 0 radical (unpaired) electrons. The fourth-order valence-corrected chi connectivity index (χ4v) is 1.50. The first-order chi connectivity index (χ1) is 10.2. The van der Waals surface area contributed by atoms with E-state index in [4.69, 9.17) is 5.11 Å². The summed E-state index contributed by atoms with van der Waals surface area (Å²) in [6.45, 7) is 0.371. The van der Waals surface area contributed by atoms with E-state index in [-0.39, 0.29) is 30.3 Å². The van der Waals surface area contributed by atoms with Gasteiger partial charge in [0.15, 0.2) is 6.61 Å². The zero-order valence-corrected chi connectivity index (χ0v) is 11.7. The van der Waals surface area contributed by atoms with Crippen molar-refractivity contribution in [2.24, 2.45) is 5.92 Å². The van der Waals surface area contributed by atoms with Gasteiger partial charge in [0.25, 0.3) is 5.91 Å². The van der Waals surface area contributed by atoms with E-state index in [1.807, 2.05) is 0 Å². The Bertz CT molecular complexity index is 517. The molecule has 1 atom stereocenters. The number of alkyl halides is 3. The largest absolute Gasteiger partial charge is 0.481 e. The van der Waals surface area contributed by atoms with Crippen LogP contribution >= 0.6 is 0 Å². The predicted octanol–water partition coefficient (Wildman–Crippen LogP) is 1.86. The number of carboxylic acid groups (broad SMARTS) is 1. The Labute approximate surface area is 124 Å². The minimum Gasteiger partial charge on any atom is -0.481 e. The van der Waals surface area contributed by atoms with E-state index in [1.165, 1.54) is 6.07 Å². The van der Waals surface area contributed by atoms with E-state index >= 15 is 0 Å². The first-order valence-electron chi connectivity index (χ1n) is 6.33. The number of aliphatic carboxylic acids is 1. The first kappa shape index (κ1) is 17.7. The van der Waals surface area contributed by atoms with Gasteiger partial charge >= 0.3 is 12.1 Å². The molecule has 0 aliphatic carbocycles. The average molecular weight is 320 g/mol. The van der Waals surface area contributed by atoms with Crippen molar-refractivity contribution >= 4 is 11.9 Å². The number of nitrogens with zero attached hydrogens (tertiary/aromatic N) is 1. The quantitative estimate of drug-likeness (QED) is 0.800. The van der Waals surface area contributed by atoms with Crippen LogP contribution in [0.5, 0.6) is 5.88 Å². The van der Waals surface area contributed by atoms with Crippen LogP contribution in [-0.4, -0.2) is 41.3 Å². The minimum atomic E-state index is -4.46. The fourth-order valence-electron chi connectivity index (χ4n) is 1.50. The number of carboxylic acids is 1. The van der Waals surface area contributed by atoms with Crippen LogP contribution in [0.3, 0.4) is 0 Å². The summed E-state index contributed by atoms with van der Waals surface area (Å²) < 4.78 is 40.3. The molecule has 1 unspecified atom stereocenters. The van der Waals surface area contributed by atoms with Crippen LogP contribution in [0.1, 0.15) is 23.7 Å². The lowest BCUT2D eigenvalue weighted by Crippen LogP contribution is -2.29. The zero-order valence-electron chi connectivity index (χ0n) is 11.7. The van der Waals surface area contributed by atoms with Crippen LogP contribution in [0.2, 0.25) is 0 Å². The molecule has 0 aromatic carbocycles. The Kier molecular flexibility index (Phi) is 6.14. The maximum atomic E-state index is 12.0. The zero-order chi connectivity index (χ0) is 16.8. The number of pyridine rings is 1. The Hall–Kier alpha value is -2.32. The molecule has 1 rings (SSSR count). The van der Waals surface area contributed by atoms with Crippen LogP contribution in [0, 0.1) is 5.92 Å². The van der Waals surface area contributed by atoms with Gasteiger partial charge in [0.1, 0.15) is 0 Å². The molecule has 0 aliphatic rings. The maximum absolute atomic E-state index is 12.0. The highest BCUT2D eigenvalue weighted by Crippen LogP contribution is 2.17. The summed E-state index contributed by atoms with van der Waals surface area (Å²) >= 11 is 0. The van der Waals surface area contributed by atoms with E-state index < -0.39 is 24.7 Å². The molecular weight excluding hydrogens is 305 g/mol. The molecule has 0 spiro atoms. The molecule has 1 aromatic heterocycles. The third-order valence-electron chi connectivity index (χ3n) is 2.52. The molecule has 22 heavy (non-hydrogen) atoms. The molecule has 1 aromatic rings. The highest BCUT2D eigenvalue weighted by Gasteiger charge is 2.28. The van der Waals surface area contributed by atoms with E-state index in [0.29, 0.717) is 0 Å². The lowest BCUT2D eigenvalue weighted by atomic mass is 10.1. The number of carbonyl (C=O) groups excluding carboxylic acids is 1. The highest BCUT2D eigenvalue weighted by atomic mass is 19.4. The molecule has 0 fully saturated rings. The summed E-state index contributed by atoms with van der Waals surface area (Å²) in [6, 6.07) is 2.43. The molecule has 0 bridgehead atoms. The molecule has 0 aliphatic heterocycles. The van der Waals surface area contributed by atoms with Gasteiger partial charge in [-0.25, -0.2) is 4.98 Å². The van der Waals surface area contributed by atoms with Crippen LogP contribution in [-0.2, 0) is 4.79 Å². The lowest BCUT2D eigenvalue weighted by Gasteiger charge is -2.11. The van der Waals surface area contributed by atoms with Gasteiger partial charge in [-0.15, -0.1) is 0 Å². The lowest BCUT2D eigenvalue weighted by molar-refractivity contribution is -0.154. The third kappa shape index (κ3) is 6.91. The van der Waals surface area contributed by atoms with Gasteiger partial charge in [-0.05, 0) is 12.0 Å². The van der Waals surface area contributed by atoms with Crippen molar-refractivity contribution in [3.8, 4) is 5.88 Å². The number of hydrogen-bond donors (Lipinski definition) is 2. The predicted molar refractivity (Wildman–Crippen MR) is 69.5 cm³/mol. The van der Waals surface area contributed by atoms with Gasteiger partial charge < -0.3 is 15.2 Å². The maximum Gasteiger partial charge on any atom is 0.422 e. The molecule has 6 nitrogen and oxygen atoms in total. The molecule has 9 heteroatoms. The van der Waals surface area contributed by atoms with E-state index in [1.54, 1.807) is 6.92 Å². The number of ether oxygens (including phenoxy) is 1. The van der Waals surface area contributed by atoms with Gasteiger partial charge in [0.2, 0.25) is 5.88 Å². The Morgan fingerprint density at radius 3 is 2.59 bits per heavy atom. The van der Waals surface area contributed by atoms with Crippen molar-refractivity contribution < 1.29 is 32.6 Å². The second-order valence-electron chi connectivity index (χ2n) is 4.70. The Morgan fingerprint density at radius 1 is 1.41 bits per heavy atom. The summed E-state index contributed by atoms with van der Waals surface area (Å²) in [5.74, 6) is -1.95. The summed E-state index contributed by atoms with van der Waals surface area (Å²) in [7, 11) is 0. The first-order valence-corrected chi connectivity index (χ1v) is 6.33. The van der Waals surface area contributed by atoms with E-state index in [9.17, 15) is 22.8 Å². The van der Waals surface area contributed by atoms with Crippen molar-refractivity contribution in [3.63, 3.8) is 0 Å². The molecule has 2 N–H and O–H groups in total. The van der Waals surface area contributed by atoms with E-state index in [0.717, 1.165) is 12.3 Å². The second kappa shape index (κ2) is 7.62. The topological polar surface area (TPSA) is 88.5 Å². The standard InChI is InChI=1S/C13H15F3N2O4/c1-8(4-11(19)20)5-18-12(21)9-2-3-10(17-6-9)22-7-13(14,15)16/h2-3,6,8H,4-5,7H2,1H3,(H,18,21)(H,19,20). The number of rotatable bonds is 7. The van der Waals surface area contributed by atoms with Crippen molar-refractivity contribution in [2.45, 2.75) is 19.5 Å². The van der Waals surface area contributed by atoms with Gasteiger partial charge in [-0.2, -0.15) is 13.2 Å². The highest BCUT2D eigenvalue weighted by molar-refractivity contribution is 5.93. The molecule has 0 saturated carbocycles. The van der Waals surface area contributed by atoms with Gasteiger partial charge in [0, 0.05) is 25.2 Å². The Balaban J connectivity index is 2.48. The average Bonchev–Trinajstić information content (AvgIpc) is 2.41. The molecule has 1 amide bonds. The second-order valence-corrected chi connectivity index (χ2v) is 4.70. The van der Waals surface area contributed by atoms with E-state index in [2.05, 4.69) is 15.0 Å². The van der Waals surface area contributed by atoms with Crippen LogP contribution in [0.25, 0.3) is 0 Å². The van der Waals surface area contributed by atoms with Crippen molar-refractivity contribution in [1.82, 2.24) is 10.3 Å². The van der Waals surface area contributed by atoms with Crippen molar-refractivity contribution in [2.75, 3.05) is 13.2 Å². The smallest absolute Gasteiger partial charge is 0.422 e. The van der Waals surface area contributed by atoms with Crippen molar-refractivity contribution in [1.29, 1.82) is 0 Å². The third-order valence-corrected chi connectivity index (χ3v) is 2.52. The van der Waals surface area contributed by atoms with Gasteiger partial charge in [-0.1, -0.05) is 6.92 Å². The van der Waals surface area contributed by atoms with Crippen LogP contribution in [0.4, 0.5) is 13.2 Å². The SMILES string of the molecule is CC(CNC(=O)c1ccc(OCC(F)(F)F)nc1)CC(=O)O. The number of amides is 1. The summed E-state index contributed by atoms with van der Waals surface area (Å²) in [5, 5.41) is 11.1. The van der Waals surface area contributed by atoms with Gasteiger partial charge in [-0.3, -0.25) is 9.59 Å². The fraction of sp³-hybridized carbons (Fsp3) is 0.462. The monoisotopic (exact) mass is 320 g/mol. The number of halogens is 3. The Morgan fingerprint density at radius 2 is 2.09 bits per heavy atom. The van der Waals surface area contributed by atoms with Crippen LogP contribution in [0.15, 0.2) is 18.3 Å². The molecule has 122 valence electrons. The summed E-state index contributed by atoms with van der Waals surface area (Å²) in [5.41, 5.74) is 0.141. The minimum absolute atomic E-state index is 0.0806. The summed E-state index contributed by atoms with van der Waals surface area (Å²) in [6.07, 6.45) is -3.45. The number of carbonyl (C=O) groups is 2. The summed E-state index contributed by atoms with van der Waals surface area (Å²) in [4.78, 5) is 25.8. The van der Waals surface area contributed by atoms with Crippen LogP contribution < -0.4 is 10.1 Å². The van der Waals surface area contributed by atoms with Gasteiger partial charge in [0.05, 0.1) is 5.56 Å². The molecule has 1 heterocycles. The number of aromatic nitrogens is 1.